The van der Waals surface area contributed by atoms with Gasteiger partial charge in [-0.2, -0.15) is 5.10 Å². The fourth-order valence-corrected chi connectivity index (χ4v) is 1.29. The fraction of sp³-hybridized carbons (Fsp3) is 0.545. The second-order valence-corrected chi connectivity index (χ2v) is 3.72. The molecule has 0 aromatic carbocycles. The van der Waals surface area contributed by atoms with Crippen molar-refractivity contribution in [2.24, 2.45) is 5.92 Å². The van der Waals surface area contributed by atoms with Gasteiger partial charge in [0, 0.05) is 12.7 Å². The molecule has 1 atom stereocenters. The Balaban J connectivity index is 2.84. The van der Waals surface area contributed by atoms with Crippen LogP contribution < -0.4 is 0 Å². The van der Waals surface area contributed by atoms with Crippen molar-refractivity contribution in [3.05, 3.63) is 18.0 Å². The van der Waals surface area contributed by atoms with Crippen LogP contribution in [-0.2, 0) is 6.54 Å². The predicted octanol–water partition coefficient (Wildman–Crippen LogP) is 2.28. The van der Waals surface area contributed by atoms with E-state index >= 15 is 0 Å². The highest BCUT2D eigenvalue weighted by Crippen LogP contribution is 2.14. The third-order valence-corrected chi connectivity index (χ3v) is 1.98. The van der Waals surface area contributed by atoms with Crippen LogP contribution in [0.5, 0.6) is 0 Å². The second-order valence-electron chi connectivity index (χ2n) is 3.72. The smallest absolute Gasteiger partial charge is 0.0591 e. The first kappa shape index (κ1) is 9.85. The Hall–Kier alpha value is -1.23. The molecule has 1 aromatic rings. The van der Waals surface area contributed by atoms with E-state index in [0.717, 1.165) is 12.2 Å². The maximum atomic E-state index is 5.37. The maximum Gasteiger partial charge on any atom is 0.0591 e. The molecule has 0 aliphatic heterocycles. The van der Waals surface area contributed by atoms with Gasteiger partial charge in [0.15, 0.2) is 0 Å². The van der Waals surface area contributed by atoms with E-state index in [4.69, 9.17) is 6.42 Å². The Labute approximate surface area is 80.0 Å². The zero-order chi connectivity index (χ0) is 9.84. The Bertz CT molecular complexity index is 304. The number of terminal acetylenes is 1. The Morgan fingerprint density at radius 1 is 1.54 bits per heavy atom. The minimum absolute atomic E-state index is 0.154. The van der Waals surface area contributed by atoms with Gasteiger partial charge in [0.05, 0.1) is 11.6 Å². The van der Waals surface area contributed by atoms with Gasteiger partial charge in [-0.1, -0.05) is 19.8 Å². The van der Waals surface area contributed by atoms with Crippen molar-refractivity contribution < 1.29 is 0 Å². The van der Waals surface area contributed by atoms with Crippen molar-refractivity contribution in [1.29, 1.82) is 0 Å². The van der Waals surface area contributed by atoms with Crippen molar-refractivity contribution in [3.63, 3.8) is 0 Å². The molecular formula is C11H16N2. The first-order chi connectivity index (χ1) is 6.15. The molecule has 0 radical (unpaired) electrons. The number of rotatable bonds is 3. The highest BCUT2D eigenvalue weighted by molar-refractivity contribution is 5.17. The van der Waals surface area contributed by atoms with Crippen molar-refractivity contribution in [2.75, 3.05) is 0 Å². The van der Waals surface area contributed by atoms with Crippen LogP contribution in [0.2, 0.25) is 0 Å². The third-order valence-electron chi connectivity index (χ3n) is 1.98. The molecule has 1 heterocycles. The normalized spacial score (nSPS) is 12.8. The average molecular weight is 176 g/mol. The highest BCUT2D eigenvalue weighted by atomic mass is 15.3. The molecule has 0 amide bonds. The summed E-state index contributed by atoms with van der Waals surface area (Å²) in [6.45, 7) is 7.31. The van der Waals surface area contributed by atoms with Crippen LogP contribution in [0.3, 0.4) is 0 Å². The minimum Gasteiger partial charge on any atom is -0.268 e. The molecule has 0 aliphatic rings. The zero-order valence-electron chi connectivity index (χ0n) is 8.49. The minimum atomic E-state index is 0.154. The van der Waals surface area contributed by atoms with E-state index in [1.807, 2.05) is 23.9 Å². The van der Waals surface area contributed by atoms with E-state index in [-0.39, 0.29) is 5.92 Å². The van der Waals surface area contributed by atoms with Gasteiger partial charge < -0.3 is 0 Å². The van der Waals surface area contributed by atoms with Crippen molar-refractivity contribution in [1.82, 2.24) is 9.78 Å². The average Bonchev–Trinajstić information content (AvgIpc) is 2.50. The summed E-state index contributed by atoms with van der Waals surface area (Å²) < 4.78 is 2.00. The summed E-state index contributed by atoms with van der Waals surface area (Å²) in [6.07, 6.45) is 7.18. The van der Waals surface area contributed by atoms with E-state index in [2.05, 4.69) is 24.9 Å². The van der Waals surface area contributed by atoms with E-state index in [1.54, 1.807) is 0 Å². The molecule has 0 aliphatic carbocycles. The molecule has 0 saturated carbocycles. The molecule has 0 bridgehead atoms. The molecular weight excluding hydrogens is 160 g/mol. The molecule has 2 heteroatoms. The molecule has 1 unspecified atom stereocenters. The number of aromatic nitrogens is 2. The highest BCUT2D eigenvalue weighted by Gasteiger charge is 2.08. The maximum absolute atomic E-state index is 5.37. The van der Waals surface area contributed by atoms with Crippen LogP contribution >= 0.6 is 0 Å². The lowest BCUT2D eigenvalue weighted by molar-refractivity contribution is 0.466. The summed E-state index contributed by atoms with van der Waals surface area (Å²) in [5.74, 6) is 3.47. The van der Waals surface area contributed by atoms with Crippen LogP contribution in [0.25, 0.3) is 0 Å². The summed E-state index contributed by atoms with van der Waals surface area (Å²) in [4.78, 5) is 0. The summed E-state index contributed by atoms with van der Waals surface area (Å²) >= 11 is 0. The summed E-state index contributed by atoms with van der Waals surface area (Å²) in [5.41, 5.74) is 1.14. The summed E-state index contributed by atoms with van der Waals surface area (Å²) in [5, 5.41) is 4.25. The van der Waals surface area contributed by atoms with Crippen LogP contribution in [0.1, 0.15) is 32.4 Å². The predicted molar refractivity (Wildman–Crippen MR) is 54.3 cm³/mol. The first-order valence-corrected chi connectivity index (χ1v) is 4.63. The van der Waals surface area contributed by atoms with E-state index in [1.165, 1.54) is 0 Å². The van der Waals surface area contributed by atoms with Crippen LogP contribution in [-0.4, -0.2) is 9.78 Å². The number of nitrogens with zero attached hydrogens (tertiary/aromatic N) is 2. The molecule has 1 rings (SSSR count). The van der Waals surface area contributed by atoms with Crippen molar-refractivity contribution in [3.8, 4) is 12.3 Å². The van der Waals surface area contributed by atoms with Gasteiger partial charge in [-0.25, -0.2) is 0 Å². The van der Waals surface area contributed by atoms with E-state index in [9.17, 15) is 0 Å². The second kappa shape index (κ2) is 4.13. The number of hydrogen-bond donors (Lipinski definition) is 0. The number of hydrogen-bond acceptors (Lipinski definition) is 1. The fourth-order valence-electron chi connectivity index (χ4n) is 1.29. The van der Waals surface area contributed by atoms with Gasteiger partial charge in [0.25, 0.3) is 0 Å². The van der Waals surface area contributed by atoms with Crippen LogP contribution in [0, 0.1) is 18.3 Å². The Morgan fingerprint density at radius 2 is 2.23 bits per heavy atom. The standard InChI is InChI=1S/C11H16N2/c1-5-10(4)11-6-7-12-13(11)8-9(2)3/h1,6-7,9-10H,8H2,2-4H3. The van der Waals surface area contributed by atoms with Gasteiger partial charge in [-0.05, 0) is 18.9 Å². The van der Waals surface area contributed by atoms with Crippen LogP contribution in [0.15, 0.2) is 12.3 Å². The molecule has 13 heavy (non-hydrogen) atoms. The molecule has 0 N–H and O–H groups in total. The summed E-state index contributed by atoms with van der Waals surface area (Å²) in [6, 6.07) is 1.99. The molecule has 0 fully saturated rings. The van der Waals surface area contributed by atoms with E-state index < -0.39 is 0 Å². The molecule has 1 aromatic heterocycles. The zero-order valence-corrected chi connectivity index (χ0v) is 8.49. The van der Waals surface area contributed by atoms with Crippen LogP contribution in [0.4, 0.5) is 0 Å². The molecule has 0 spiro atoms. The molecule has 70 valence electrons. The summed E-state index contributed by atoms with van der Waals surface area (Å²) in [7, 11) is 0. The molecule has 0 saturated heterocycles. The largest absolute Gasteiger partial charge is 0.268 e. The van der Waals surface area contributed by atoms with Crippen molar-refractivity contribution in [2.45, 2.75) is 33.2 Å². The lowest BCUT2D eigenvalue weighted by atomic mass is 10.1. The van der Waals surface area contributed by atoms with Gasteiger partial charge in [0.1, 0.15) is 0 Å². The lowest BCUT2D eigenvalue weighted by Crippen LogP contribution is -2.10. The first-order valence-electron chi connectivity index (χ1n) is 4.63. The Kier molecular flexibility index (Phi) is 3.13. The Morgan fingerprint density at radius 3 is 2.77 bits per heavy atom. The van der Waals surface area contributed by atoms with Gasteiger partial charge in [-0.15, -0.1) is 6.42 Å². The third kappa shape index (κ3) is 2.35. The SMILES string of the molecule is C#CC(C)c1ccnn1CC(C)C. The topological polar surface area (TPSA) is 17.8 Å². The quantitative estimate of drug-likeness (QED) is 0.646. The van der Waals surface area contributed by atoms with E-state index in [0.29, 0.717) is 5.92 Å². The van der Waals surface area contributed by atoms with Gasteiger partial charge >= 0.3 is 0 Å². The molecule has 2 nitrogen and oxygen atoms in total. The van der Waals surface area contributed by atoms with Gasteiger partial charge in [0.2, 0.25) is 0 Å². The van der Waals surface area contributed by atoms with Crippen molar-refractivity contribution >= 4 is 0 Å². The lowest BCUT2D eigenvalue weighted by Gasteiger charge is -2.11. The monoisotopic (exact) mass is 176 g/mol. The van der Waals surface area contributed by atoms with Gasteiger partial charge in [-0.3, -0.25) is 4.68 Å².